The van der Waals surface area contributed by atoms with Crippen LogP contribution in [0.3, 0.4) is 0 Å². The van der Waals surface area contributed by atoms with Gasteiger partial charge in [-0.1, -0.05) is 102 Å². The van der Waals surface area contributed by atoms with Gasteiger partial charge >= 0.3 is 0 Å². The Morgan fingerprint density at radius 1 is 0.400 bits per heavy atom. The van der Waals surface area contributed by atoms with E-state index in [1.54, 1.807) is 0 Å². The molecule has 0 amide bonds. The van der Waals surface area contributed by atoms with Gasteiger partial charge in [-0.05, 0) is 51.4 Å². The first-order valence-corrected chi connectivity index (χ1v) is 13.4. The summed E-state index contributed by atoms with van der Waals surface area (Å²) in [5.41, 5.74) is 0. The molecular weight excluding hydrogens is 368 g/mol. The average molecular weight is 423 g/mol. The van der Waals surface area contributed by atoms with Crippen LogP contribution in [0.15, 0.2) is 24.3 Å². The number of hydrogen-bond donors (Lipinski definition) is 0. The Kier molecular flexibility index (Phi) is 27.8. The van der Waals surface area contributed by atoms with Gasteiger partial charge in [0.25, 0.3) is 0 Å². The van der Waals surface area contributed by atoms with Crippen molar-refractivity contribution >= 4 is 0 Å². The number of hydrogen-bond acceptors (Lipinski definition) is 2. The normalized spacial score (nSPS) is 11.9. The van der Waals surface area contributed by atoms with Gasteiger partial charge in [0.1, 0.15) is 0 Å². The minimum atomic E-state index is 0.857. The van der Waals surface area contributed by atoms with Crippen molar-refractivity contribution in [1.29, 1.82) is 0 Å². The van der Waals surface area contributed by atoms with Gasteiger partial charge in [-0.15, -0.1) is 0 Å². The average Bonchev–Trinajstić information content (AvgIpc) is 2.76. The van der Waals surface area contributed by atoms with Gasteiger partial charge in [0.05, 0.1) is 0 Å². The van der Waals surface area contributed by atoms with E-state index in [4.69, 9.17) is 9.47 Å². The van der Waals surface area contributed by atoms with Gasteiger partial charge in [0.2, 0.25) is 0 Å². The zero-order chi connectivity index (χ0) is 21.8. The third kappa shape index (κ3) is 27.4. The van der Waals surface area contributed by atoms with Crippen LogP contribution < -0.4 is 0 Å². The van der Waals surface area contributed by atoms with Crippen molar-refractivity contribution in [2.45, 2.75) is 129 Å². The molecule has 2 nitrogen and oxygen atoms in total. The van der Waals surface area contributed by atoms with Crippen LogP contribution in [0, 0.1) is 0 Å². The fraction of sp³-hybridized carbons (Fsp3) is 0.857. The molecule has 0 N–H and O–H groups in total. The van der Waals surface area contributed by atoms with E-state index >= 15 is 0 Å². The summed E-state index contributed by atoms with van der Waals surface area (Å²) < 4.78 is 11.3. The van der Waals surface area contributed by atoms with Crippen LogP contribution in [-0.4, -0.2) is 26.4 Å². The lowest BCUT2D eigenvalue weighted by molar-refractivity contribution is 0.0796. The fourth-order valence-corrected chi connectivity index (χ4v) is 3.47. The first-order chi connectivity index (χ1) is 14.9. The SMILES string of the molecule is CCCCC/C=C\C/C=C\CCCCCCCCCCOCCCOCCCCC. The van der Waals surface area contributed by atoms with Crippen LogP contribution in [0.5, 0.6) is 0 Å². The molecule has 0 spiro atoms. The molecule has 0 saturated heterocycles. The Bertz CT molecular complexity index is 349. The van der Waals surface area contributed by atoms with Crippen molar-refractivity contribution in [2.75, 3.05) is 26.4 Å². The van der Waals surface area contributed by atoms with Crippen molar-refractivity contribution < 1.29 is 9.47 Å². The first kappa shape index (κ1) is 29.4. The first-order valence-electron chi connectivity index (χ1n) is 13.4. The second-order valence-electron chi connectivity index (χ2n) is 8.58. The molecule has 0 aromatic carbocycles. The molecule has 0 heterocycles. The maximum atomic E-state index is 5.70. The van der Waals surface area contributed by atoms with E-state index in [9.17, 15) is 0 Å². The molecule has 0 bridgehead atoms. The van der Waals surface area contributed by atoms with Crippen LogP contribution in [0.2, 0.25) is 0 Å². The lowest BCUT2D eigenvalue weighted by Gasteiger charge is -2.06. The van der Waals surface area contributed by atoms with Gasteiger partial charge in [0.15, 0.2) is 0 Å². The number of unbranched alkanes of at least 4 members (excludes halogenated alkanes) is 13. The summed E-state index contributed by atoms with van der Waals surface area (Å²) in [6, 6.07) is 0. The van der Waals surface area contributed by atoms with Crippen molar-refractivity contribution in [3.05, 3.63) is 24.3 Å². The van der Waals surface area contributed by atoms with E-state index in [1.807, 2.05) is 0 Å². The molecule has 0 aromatic rings. The molecule has 30 heavy (non-hydrogen) atoms. The van der Waals surface area contributed by atoms with E-state index in [0.717, 1.165) is 39.3 Å². The highest BCUT2D eigenvalue weighted by atomic mass is 16.5. The number of rotatable bonds is 25. The summed E-state index contributed by atoms with van der Waals surface area (Å²) in [5.74, 6) is 0. The van der Waals surface area contributed by atoms with Crippen molar-refractivity contribution in [1.82, 2.24) is 0 Å². The van der Waals surface area contributed by atoms with E-state index in [-0.39, 0.29) is 0 Å². The van der Waals surface area contributed by atoms with Crippen LogP contribution in [0.1, 0.15) is 129 Å². The van der Waals surface area contributed by atoms with Gasteiger partial charge in [-0.25, -0.2) is 0 Å². The third-order valence-electron chi connectivity index (χ3n) is 5.46. The summed E-state index contributed by atoms with van der Waals surface area (Å²) in [6.07, 6.45) is 32.7. The molecule has 0 aliphatic rings. The molecule has 0 aromatic heterocycles. The topological polar surface area (TPSA) is 18.5 Å². The van der Waals surface area contributed by atoms with Crippen LogP contribution in [0.4, 0.5) is 0 Å². The van der Waals surface area contributed by atoms with E-state index < -0.39 is 0 Å². The highest BCUT2D eigenvalue weighted by Crippen LogP contribution is 2.10. The largest absolute Gasteiger partial charge is 0.381 e. The third-order valence-corrected chi connectivity index (χ3v) is 5.46. The van der Waals surface area contributed by atoms with Crippen molar-refractivity contribution in [3.8, 4) is 0 Å². The van der Waals surface area contributed by atoms with E-state index in [0.29, 0.717) is 0 Å². The molecule has 0 aliphatic carbocycles. The minimum Gasteiger partial charge on any atom is -0.381 e. The molecule has 0 aliphatic heterocycles. The summed E-state index contributed by atoms with van der Waals surface area (Å²) >= 11 is 0. The van der Waals surface area contributed by atoms with E-state index in [2.05, 4.69) is 38.2 Å². The van der Waals surface area contributed by atoms with Gasteiger partial charge in [-0.2, -0.15) is 0 Å². The second-order valence-corrected chi connectivity index (χ2v) is 8.58. The van der Waals surface area contributed by atoms with E-state index in [1.165, 1.54) is 103 Å². The summed E-state index contributed by atoms with van der Waals surface area (Å²) in [7, 11) is 0. The maximum Gasteiger partial charge on any atom is 0.0487 e. The highest BCUT2D eigenvalue weighted by Gasteiger charge is 1.94. The Morgan fingerprint density at radius 2 is 0.800 bits per heavy atom. The smallest absolute Gasteiger partial charge is 0.0487 e. The van der Waals surface area contributed by atoms with Crippen molar-refractivity contribution in [2.24, 2.45) is 0 Å². The molecular formula is C28H54O2. The molecule has 0 unspecified atom stereocenters. The Morgan fingerprint density at radius 3 is 1.37 bits per heavy atom. The van der Waals surface area contributed by atoms with Crippen LogP contribution in [0.25, 0.3) is 0 Å². The molecule has 2 heteroatoms. The lowest BCUT2D eigenvalue weighted by atomic mass is 10.1. The summed E-state index contributed by atoms with van der Waals surface area (Å²) in [5, 5.41) is 0. The standard InChI is InChI=1S/C28H54O2/c1-3-5-7-8-9-10-11-12-13-14-15-16-17-18-19-20-21-23-26-30-28-24-27-29-25-22-6-4-2/h9-10,12-13H,3-8,11,14-28H2,1-2H3/b10-9-,13-12-. The van der Waals surface area contributed by atoms with Gasteiger partial charge in [-0.3, -0.25) is 0 Å². The molecule has 178 valence electrons. The van der Waals surface area contributed by atoms with Crippen LogP contribution >= 0.6 is 0 Å². The zero-order valence-corrected chi connectivity index (χ0v) is 20.7. The fourth-order valence-electron chi connectivity index (χ4n) is 3.47. The number of allylic oxidation sites excluding steroid dienone is 4. The Labute approximate surface area is 189 Å². The Balaban J connectivity index is 3.08. The summed E-state index contributed by atoms with van der Waals surface area (Å²) in [6.45, 7) is 8.05. The lowest BCUT2D eigenvalue weighted by Crippen LogP contribution is -2.03. The van der Waals surface area contributed by atoms with Crippen LogP contribution in [-0.2, 0) is 9.47 Å². The Hall–Kier alpha value is -0.600. The quantitative estimate of drug-likeness (QED) is 0.108. The molecule has 0 fully saturated rings. The molecule has 0 atom stereocenters. The molecule has 0 rings (SSSR count). The second kappa shape index (κ2) is 28.4. The highest BCUT2D eigenvalue weighted by molar-refractivity contribution is 4.92. The minimum absolute atomic E-state index is 0.857. The van der Waals surface area contributed by atoms with Gasteiger partial charge in [0, 0.05) is 26.4 Å². The monoisotopic (exact) mass is 422 g/mol. The molecule has 0 saturated carbocycles. The zero-order valence-electron chi connectivity index (χ0n) is 20.7. The predicted octanol–water partition coefficient (Wildman–Crippen LogP) is 9.19. The number of ether oxygens (including phenoxy) is 2. The van der Waals surface area contributed by atoms with Gasteiger partial charge < -0.3 is 9.47 Å². The predicted molar refractivity (Wildman–Crippen MR) is 134 cm³/mol. The van der Waals surface area contributed by atoms with Crippen molar-refractivity contribution in [3.63, 3.8) is 0 Å². The molecule has 0 radical (unpaired) electrons. The summed E-state index contributed by atoms with van der Waals surface area (Å²) in [4.78, 5) is 0. The maximum absolute atomic E-state index is 5.70.